The Bertz CT molecular complexity index is 993. The average Bonchev–Trinajstić information content (AvgIpc) is 3.07. The van der Waals surface area contributed by atoms with Crippen molar-refractivity contribution >= 4 is 23.6 Å². The molecule has 3 saturated carbocycles. The molecule has 0 aromatic rings. The van der Waals surface area contributed by atoms with Crippen molar-refractivity contribution in [2.75, 3.05) is 26.2 Å². The molecular formula is C37H67N5O6. The number of amides is 4. The summed E-state index contributed by atoms with van der Waals surface area (Å²) in [6.07, 6.45) is 12.9. The second-order valence-electron chi connectivity index (χ2n) is 15.2. The second kappa shape index (κ2) is 21.1. The molecule has 0 bridgehead atoms. The summed E-state index contributed by atoms with van der Waals surface area (Å²) in [5.41, 5.74) is 8.84. The van der Waals surface area contributed by atoms with Crippen molar-refractivity contribution < 1.29 is 29.4 Å². The van der Waals surface area contributed by atoms with Crippen LogP contribution >= 0.6 is 0 Å². The summed E-state index contributed by atoms with van der Waals surface area (Å²) in [6.45, 7) is 8.19. The molecule has 11 heteroatoms. The Kier molecular flexibility index (Phi) is 17.7. The molecular weight excluding hydrogens is 610 g/mol. The van der Waals surface area contributed by atoms with Crippen LogP contribution < -0.4 is 16.5 Å². The molecule has 276 valence electrons. The molecule has 11 nitrogen and oxygen atoms in total. The van der Waals surface area contributed by atoms with Gasteiger partial charge in [-0.3, -0.25) is 24.6 Å². The van der Waals surface area contributed by atoms with Crippen LogP contribution in [0.3, 0.4) is 0 Å². The van der Waals surface area contributed by atoms with E-state index in [1.807, 2.05) is 23.8 Å². The van der Waals surface area contributed by atoms with E-state index in [0.29, 0.717) is 64.1 Å². The molecule has 0 aromatic carbocycles. The van der Waals surface area contributed by atoms with Gasteiger partial charge < -0.3 is 26.2 Å². The van der Waals surface area contributed by atoms with Gasteiger partial charge in [-0.2, -0.15) is 0 Å². The average molecular weight is 678 g/mol. The van der Waals surface area contributed by atoms with Gasteiger partial charge in [0.2, 0.25) is 23.6 Å². The van der Waals surface area contributed by atoms with Gasteiger partial charge in [0.15, 0.2) is 0 Å². The highest BCUT2D eigenvalue weighted by Gasteiger charge is 2.41. The maximum Gasteiger partial charge on any atom is 0.234 e. The molecule has 4 amide bonds. The summed E-state index contributed by atoms with van der Waals surface area (Å²) >= 11 is 0. The fourth-order valence-corrected chi connectivity index (χ4v) is 8.22. The minimum Gasteiger partial charge on any atom is -0.393 e. The first-order valence-electron chi connectivity index (χ1n) is 19.3. The third-order valence-electron chi connectivity index (χ3n) is 11.0. The van der Waals surface area contributed by atoms with E-state index in [1.54, 1.807) is 0 Å². The minimum absolute atomic E-state index is 0.0182. The number of unbranched alkanes of at least 4 members (excludes halogenated alkanes) is 1. The fourth-order valence-electron chi connectivity index (χ4n) is 8.22. The molecule has 5 unspecified atom stereocenters. The van der Waals surface area contributed by atoms with Gasteiger partial charge in [0.1, 0.15) is 0 Å². The van der Waals surface area contributed by atoms with E-state index < -0.39 is 35.8 Å². The monoisotopic (exact) mass is 678 g/mol. The van der Waals surface area contributed by atoms with Gasteiger partial charge in [-0.05, 0) is 95.3 Å². The SMILES string of the molecule is CCCCN(CC(O)C(CC1CCC(O)CC1)NC(=O)C1CC(C(N)=O)CC(C(=O)N(CCC)CCC)C1)NC(=O)CC1CCCCC1. The number of rotatable bonds is 19. The van der Waals surface area contributed by atoms with Crippen LogP contribution in [0.4, 0.5) is 0 Å². The topological polar surface area (TPSA) is 165 Å². The lowest BCUT2D eigenvalue weighted by Gasteiger charge is -2.37. The summed E-state index contributed by atoms with van der Waals surface area (Å²) in [5, 5.41) is 26.8. The van der Waals surface area contributed by atoms with Crippen molar-refractivity contribution in [3.05, 3.63) is 0 Å². The van der Waals surface area contributed by atoms with Crippen molar-refractivity contribution in [2.24, 2.45) is 35.3 Å². The summed E-state index contributed by atoms with van der Waals surface area (Å²) in [4.78, 5) is 54.9. The molecule has 0 saturated heterocycles. The lowest BCUT2D eigenvalue weighted by Crippen LogP contribution is -2.55. The van der Waals surface area contributed by atoms with Crippen LogP contribution in [-0.4, -0.2) is 88.2 Å². The highest BCUT2D eigenvalue weighted by molar-refractivity contribution is 5.85. The molecule has 0 aliphatic heterocycles. The van der Waals surface area contributed by atoms with Crippen LogP contribution in [0, 0.1) is 29.6 Å². The first-order chi connectivity index (χ1) is 23.0. The highest BCUT2D eigenvalue weighted by Crippen LogP contribution is 2.36. The first kappa shape index (κ1) is 40.2. The van der Waals surface area contributed by atoms with Crippen LogP contribution in [0.15, 0.2) is 0 Å². The van der Waals surface area contributed by atoms with Gasteiger partial charge in [0, 0.05) is 50.4 Å². The highest BCUT2D eigenvalue weighted by atomic mass is 16.3. The number of hydrazine groups is 1. The predicted octanol–water partition coefficient (Wildman–Crippen LogP) is 4.04. The Morgan fingerprint density at radius 1 is 0.792 bits per heavy atom. The number of carbonyl (C=O) groups excluding carboxylic acids is 4. The number of nitrogens with zero attached hydrogens (tertiary/aromatic N) is 2. The van der Waals surface area contributed by atoms with Crippen LogP contribution in [0.25, 0.3) is 0 Å². The normalized spacial score (nSPS) is 26.4. The largest absolute Gasteiger partial charge is 0.393 e. The van der Waals surface area contributed by atoms with E-state index in [9.17, 15) is 29.4 Å². The van der Waals surface area contributed by atoms with Crippen molar-refractivity contribution in [1.82, 2.24) is 20.7 Å². The lowest BCUT2D eigenvalue weighted by molar-refractivity contribution is -0.141. The summed E-state index contributed by atoms with van der Waals surface area (Å²) in [5.74, 6) is -1.78. The third-order valence-corrected chi connectivity index (χ3v) is 11.0. The minimum atomic E-state index is -0.954. The summed E-state index contributed by atoms with van der Waals surface area (Å²) in [7, 11) is 0. The number of primary amides is 1. The van der Waals surface area contributed by atoms with E-state index in [0.717, 1.165) is 51.4 Å². The third kappa shape index (κ3) is 13.2. The van der Waals surface area contributed by atoms with Gasteiger partial charge >= 0.3 is 0 Å². The Labute approximate surface area is 289 Å². The van der Waals surface area contributed by atoms with E-state index in [-0.39, 0.29) is 42.7 Å². The zero-order valence-corrected chi connectivity index (χ0v) is 30.2. The molecule has 3 aliphatic carbocycles. The number of carbonyl (C=O) groups is 4. The molecule has 0 heterocycles. The number of aliphatic hydroxyl groups is 2. The van der Waals surface area contributed by atoms with Gasteiger partial charge in [-0.25, -0.2) is 5.01 Å². The lowest BCUT2D eigenvalue weighted by atomic mass is 9.73. The number of hydrogen-bond donors (Lipinski definition) is 5. The van der Waals surface area contributed by atoms with E-state index in [4.69, 9.17) is 5.73 Å². The first-order valence-corrected chi connectivity index (χ1v) is 19.3. The van der Waals surface area contributed by atoms with Gasteiger partial charge in [0.25, 0.3) is 0 Å². The molecule has 3 fully saturated rings. The molecule has 0 aromatic heterocycles. The molecule has 6 N–H and O–H groups in total. The zero-order valence-electron chi connectivity index (χ0n) is 30.2. The molecule has 3 aliphatic rings. The molecule has 0 spiro atoms. The Morgan fingerprint density at radius 3 is 2.02 bits per heavy atom. The Balaban J connectivity index is 1.74. The van der Waals surface area contributed by atoms with Crippen LogP contribution in [0.5, 0.6) is 0 Å². The van der Waals surface area contributed by atoms with Gasteiger partial charge in [-0.15, -0.1) is 0 Å². The maximum atomic E-state index is 14.0. The van der Waals surface area contributed by atoms with Crippen molar-refractivity contribution in [1.29, 1.82) is 0 Å². The van der Waals surface area contributed by atoms with Crippen molar-refractivity contribution in [3.8, 4) is 0 Å². The number of nitrogens with two attached hydrogens (primary N) is 1. The fraction of sp³-hybridized carbons (Fsp3) is 0.892. The molecule has 5 atom stereocenters. The summed E-state index contributed by atoms with van der Waals surface area (Å²) < 4.78 is 0. The van der Waals surface area contributed by atoms with Crippen LogP contribution in [0.1, 0.15) is 136 Å². The van der Waals surface area contributed by atoms with Crippen molar-refractivity contribution in [2.45, 2.75) is 155 Å². The molecule has 3 rings (SSSR count). The Morgan fingerprint density at radius 2 is 1.42 bits per heavy atom. The molecule has 48 heavy (non-hydrogen) atoms. The smallest absolute Gasteiger partial charge is 0.234 e. The second-order valence-corrected chi connectivity index (χ2v) is 15.2. The van der Waals surface area contributed by atoms with Gasteiger partial charge in [0.05, 0.1) is 18.2 Å². The van der Waals surface area contributed by atoms with E-state index >= 15 is 0 Å². The maximum absolute atomic E-state index is 14.0. The van der Waals surface area contributed by atoms with Crippen LogP contribution in [-0.2, 0) is 19.2 Å². The number of hydrogen-bond acceptors (Lipinski definition) is 7. The quantitative estimate of drug-likeness (QED) is 0.129. The predicted molar refractivity (Wildman–Crippen MR) is 187 cm³/mol. The van der Waals surface area contributed by atoms with Gasteiger partial charge in [-0.1, -0.05) is 46.5 Å². The van der Waals surface area contributed by atoms with Crippen molar-refractivity contribution in [3.63, 3.8) is 0 Å². The van der Waals surface area contributed by atoms with E-state index in [1.165, 1.54) is 19.3 Å². The summed E-state index contributed by atoms with van der Waals surface area (Å²) in [6, 6.07) is -0.586. The standard InChI is InChI=1S/C37H67N5O6/c1-4-7-19-42(40-34(45)21-26-11-9-8-10-12-26)25-33(44)32(20-27-13-15-31(43)16-14-27)39-36(47)29-22-28(35(38)46)23-30(24-29)37(48)41(17-5-2)18-6-3/h26-33,43-44H,4-25H2,1-3H3,(H2,38,46)(H,39,47)(H,40,45). The van der Waals surface area contributed by atoms with E-state index in [2.05, 4.69) is 17.7 Å². The molecule has 0 radical (unpaired) electrons. The number of aliphatic hydroxyl groups excluding tert-OH is 2. The zero-order chi connectivity index (χ0) is 35.1. The number of nitrogens with one attached hydrogen (secondary N) is 2. The van der Waals surface area contributed by atoms with Crippen LogP contribution in [0.2, 0.25) is 0 Å². The Hall–Kier alpha value is -2.24.